The Kier molecular flexibility index (Phi) is 4.05. The molecule has 3 rings (SSSR count). The van der Waals surface area contributed by atoms with E-state index in [1.807, 2.05) is 4.90 Å². The molecule has 21 heavy (non-hydrogen) atoms. The molecule has 1 amide bonds. The second-order valence-electron chi connectivity index (χ2n) is 6.09. The molecular formula is C14H18ClNO3S2. The predicted octanol–water partition coefficient (Wildman–Crippen LogP) is 3.47. The van der Waals surface area contributed by atoms with E-state index in [2.05, 4.69) is 0 Å². The lowest BCUT2D eigenvalue weighted by Crippen LogP contribution is -2.42. The molecule has 0 radical (unpaired) electrons. The number of piperidine rings is 1. The summed E-state index contributed by atoms with van der Waals surface area (Å²) >= 11 is 1.00. The molecular weight excluding hydrogens is 330 g/mol. The minimum Gasteiger partial charge on any atom is -0.339 e. The van der Waals surface area contributed by atoms with Crippen molar-refractivity contribution < 1.29 is 13.2 Å². The first-order valence-electron chi connectivity index (χ1n) is 7.22. The third kappa shape index (κ3) is 3.12. The Labute approximate surface area is 133 Å². The Morgan fingerprint density at radius 1 is 1.19 bits per heavy atom. The number of carbonyl (C=O) groups is 1. The van der Waals surface area contributed by atoms with E-state index < -0.39 is 9.05 Å². The molecule has 1 spiro atoms. The van der Waals surface area contributed by atoms with Gasteiger partial charge in [0.25, 0.3) is 15.0 Å². The van der Waals surface area contributed by atoms with E-state index >= 15 is 0 Å². The van der Waals surface area contributed by atoms with Gasteiger partial charge in [-0.3, -0.25) is 4.79 Å². The lowest BCUT2D eigenvalue weighted by Gasteiger charge is -2.39. The number of carbonyl (C=O) groups excluding carboxylic acids is 1. The van der Waals surface area contributed by atoms with E-state index in [0.717, 1.165) is 37.3 Å². The molecule has 2 aliphatic rings. The molecule has 1 aliphatic heterocycles. The number of nitrogens with zero attached hydrogens (tertiary/aromatic N) is 1. The Morgan fingerprint density at radius 2 is 1.81 bits per heavy atom. The summed E-state index contributed by atoms with van der Waals surface area (Å²) < 4.78 is 22.6. The van der Waals surface area contributed by atoms with E-state index in [4.69, 9.17) is 10.7 Å². The highest BCUT2D eigenvalue weighted by molar-refractivity contribution is 8.15. The molecule has 1 aromatic heterocycles. The molecule has 0 aromatic carbocycles. The zero-order chi connectivity index (χ0) is 15.1. The fourth-order valence-corrected chi connectivity index (χ4v) is 5.49. The van der Waals surface area contributed by atoms with Crippen LogP contribution in [0.25, 0.3) is 0 Å². The summed E-state index contributed by atoms with van der Waals surface area (Å²) in [6.45, 7) is 1.55. The predicted molar refractivity (Wildman–Crippen MR) is 83.4 cm³/mol. The van der Waals surface area contributed by atoms with Crippen molar-refractivity contribution in [3.8, 4) is 0 Å². The second-order valence-corrected chi connectivity index (χ2v) is 9.80. The minimum atomic E-state index is -3.74. The van der Waals surface area contributed by atoms with E-state index in [1.165, 1.54) is 31.7 Å². The number of likely N-dealkylation sites (tertiary alicyclic amines) is 1. The maximum atomic E-state index is 12.4. The zero-order valence-electron chi connectivity index (χ0n) is 11.7. The Hall–Kier alpha value is -0.590. The fraction of sp³-hybridized carbons (Fsp3) is 0.643. The van der Waals surface area contributed by atoms with E-state index in [-0.39, 0.29) is 10.1 Å². The maximum absolute atomic E-state index is 12.4. The van der Waals surface area contributed by atoms with Gasteiger partial charge in [-0.1, -0.05) is 12.8 Å². The van der Waals surface area contributed by atoms with E-state index in [0.29, 0.717) is 11.0 Å². The summed E-state index contributed by atoms with van der Waals surface area (Å²) in [6.07, 6.45) is 7.36. The van der Waals surface area contributed by atoms with Gasteiger partial charge in [0.15, 0.2) is 0 Å². The molecule has 0 N–H and O–H groups in total. The van der Waals surface area contributed by atoms with Crippen LogP contribution in [0, 0.1) is 5.41 Å². The van der Waals surface area contributed by atoms with E-state index in [9.17, 15) is 13.2 Å². The molecule has 1 aromatic rings. The molecule has 0 unspecified atom stereocenters. The van der Waals surface area contributed by atoms with Gasteiger partial charge in [0.1, 0.15) is 4.21 Å². The van der Waals surface area contributed by atoms with Gasteiger partial charge in [-0.15, -0.1) is 11.3 Å². The van der Waals surface area contributed by atoms with Crippen LogP contribution in [-0.2, 0) is 9.05 Å². The van der Waals surface area contributed by atoms with Crippen LogP contribution >= 0.6 is 22.0 Å². The summed E-state index contributed by atoms with van der Waals surface area (Å²) in [4.78, 5) is 14.3. The first-order chi connectivity index (χ1) is 9.90. The van der Waals surface area contributed by atoms with Gasteiger partial charge in [-0.05, 0) is 37.2 Å². The van der Waals surface area contributed by atoms with Crippen LogP contribution in [0.2, 0.25) is 0 Å². The number of hydrogen-bond acceptors (Lipinski definition) is 4. The third-order valence-corrected chi connectivity index (χ3v) is 7.88. The van der Waals surface area contributed by atoms with Gasteiger partial charge in [0.05, 0.1) is 5.56 Å². The average Bonchev–Trinajstić information content (AvgIpc) is 3.08. The molecule has 1 saturated carbocycles. The molecule has 1 aliphatic carbocycles. The second kappa shape index (κ2) is 5.56. The summed E-state index contributed by atoms with van der Waals surface area (Å²) in [5, 5.41) is 1.58. The van der Waals surface area contributed by atoms with Gasteiger partial charge >= 0.3 is 0 Å². The smallest absolute Gasteiger partial charge is 0.270 e. The van der Waals surface area contributed by atoms with Crippen molar-refractivity contribution in [2.24, 2.45) is 5.41 Å². The number of rotatable bonds is 2. The van der Waals surface area contributed by atoms with Crippen molar-refractivity contribution in [3.63, 3.8) is 0 Å². The van der Waals surface area contributed by atoms with Gasteiger partial charge < -0.3 is 4.90 Å². The van der Waals surface area contributed by atoms with Crippen molar-refractivity contribution >= 4 is 37.0 Å². The molecule has 2 heterocycles. The first-order valence-corrected chi connectivity index (χ1v) is 10.4. The van der Waals surface area contributed by atoms with Gasteiger partial charge in [-0.25, -0.2) is 8.42 Å². The molecule has 7 heteroatoms. The quantitative estimate of drug-likeness (QED) is 0.770. The SMILES string of the molecule is O=C(c1csc(S(=O)(=O)Cl)c1)N1CCC2(CCCC2)CC1. The standard InChI is InChI=1S/C14H18ClNO3S2/c15-21(18,19)12-9-11(10-20-12)13(17)16-7-5-14(6-8-16)3-1-2-4-14/h9-10H,1-8H2. The Bertz CT molecular complexity index is 637. The Morgan fingerprint density at radius 3 is 2.33 bits per heavy atom. The van der Waals surface area contributed by atoms with Crippen LogP contribution in [0.3, 0.4) is 0 Å². The lowest BCUT2D eigenvalue weighted by molar-refractivity contribution is 0.0588. The Balaban J connectivity index is 1.68. The zero-order valence-corrected chi connectivity index (χ0v) is 14.1. The highest BCUT2D eigenvalue weighted by Gasteiger charge is 2.38. The van der Waals surface area contributed by atoms with E-state index in [1.54, 1.807) is 5.38 Å². The normalized spacial score (nSPS) is 21.9. The first kappa shape index (κ1) is 15.3. The largest absolute Gasteiger partial charge is 0.339 e. The molecule has 116 valence electrons. The summed E-state index contributed by atoms with van der Waals surface area (Å²) in [7, 11) is 1.56. The fourth-order valence-electron chi connectivity index (χ4n) is 3.55. The summed E-state index contributed by atoms with van der Waals surface area (Å²) in [5.74, 6) is -0.0781. The van der Waals surface area contributed by atoms with Gasteiger partial charge in [0, 0.05) is 29.2 Å². The van der Waals surface area contributed by atoms with Crippen molar-refractivity contribution in [1.29, 1.82) is 0 Å². The summed E-state index contributed by atoms with van der Waals surface area (Å²) in [5.41, 5.74) is 0.900. The van der Waals surface area contributed by atoms with Crippen molar-refractivity contribution in [3.05, 3.63) is 17.0 Å². The minimum absolute atomic E-state index is 0.0387. The molecule has 0 atom stereocenters. The van der Waals surface area contributed by atoms with Crippen molar-refractivity contribution in [2.45, 2.75) is 42.7 Å². The third-order valence-electron chi connectivity index (χ3n) is 4.84. The monoisotopic (exact) mass is 347 g/mol. The van der Waals surface area contributed by atoms with Gasteiger partial charge in [-0.2, -0.15) is 0 Å². The topological polar surface area (TPSA) is 54.5 Å². The van der Waals surface area contributed by atoms with Crippen LogP contribution in [-0.4, -0.2) is 32.3 Å². The average molecular weight is 348 g/mol. The van der Waals surface area contributed by atoms with Crippen molar-refractivity contribution in [1.82, 2.24) is 4.90 Å². The summed E-state index contributed by atoms with van der Waals surface area (Å²) in [6, 6.07) is 1.38. The van der Waals surface area contributed by atoms with Crippen molar-refractivity contribution in [2.75, 3.05) is 13.1 Å². The van der Waals surface area contributed by atoms with Crippen LogP contribution in [0.5, 0.6) is 0 Å². The maximum Gasteiger partial charge on any atom is 0.270 e. The highest BCUT2D eigenvalue weighted by Crippen LogP contribution is 2.46. The van der Waals surface area contributed by atoms with Gasteiger partial charge in [0.2, 0.25) is 0 Å². The van der Waals surface area contributed by atoms with Crippen LogP contribution < -0.4 is 0 Å². The molecule has 1 saturated heterocycles. The molecule has 2 fully saturated rings. The highest BCUT2D eigenvalue weighted by atomic mass is 35.7. The number of amides is 1. The number of hydrogen-bond donors (Lipinski definition) is 0. The lowest BCUT2D eigenvalue weighted by atomic mass is 9.77. The molecule has 4 nitrogen and oxygen atoms in total. The van der Waals surface area contributed by atoms with Crippen LogP contribution in [0.4, 0.5) is 0 Å². The van der Waals surface area contributed by atoms with Crippen LogP contribution in [0.1, 0.15) is 48.9 Å². The number of thiophene rings is 1. The number of halogens is 1. The van der Waals surface area contributed by atoms with Crippen LogP contribution in [0.15, 0.2) is 15.7 Å². The molecule has 0 bridgehead atoms.